The molecule has 0 unspecified atom stereocenters. The lowest BCUT2D eigenvalue weighted by molar-refractivity contribution is 0.602. The largest absolute Gasteiger partial charge is 0.356 e. The number of rotatable bonds is 5. The van der Waals surface area contributed by atoms with Crippen LogP contribution in [0.25, 0.3) is 18.2 Å². The molecular formula is C28H29N. The third kappa shape index (κ3) is 5.71. The van der Waals surface area contributed by atoms with Crippen LogP contribution >= 0.6 is 0 Å². The van der Waals surface area contributed by atoms with Crippen molar-refractivity contribution in [2.24, 2.45) is 0 Å². The highest BCUT2D eigenvalue weighted by Crippen LogP contribution is 2.25. The fourth-order valence-corrected chi connectivity index (χ4v) is 3.76. The van der Waals surface area contributed by atoms with E-state index in [9.17, 15) is 0 Å². The maximum Gasteiger partial charge on any atom is 0.0384 e. The van der Waals surface area contributed by atoms with Crippen molar-refractivity contribution in [2.75, 3.05) is 5.32 Å². The highest BCUT2D eigenvalue weighted by atomic mass is 14.9. The summed E-state index contributed by atoms with van der Waals surface area (Å²) in [4.78, 5) is 0. The van der Waals surface area contributed by atoms with Gasteiger partial charge in [0.25, 0.3) is 0 Å². The minimum Gasteiger partial charge on any atom is -0.356 e. The average molecular weight is 380 g/mol. The summed E-state index contributed by atoms with van der Waals surface area (Å²) in [7, 11) is 0. The first-order valence-corrected chi connectivity index (χ1v) is 10.7. The fourth-order valence-electron chi connectivity index (χ4n) is 3.76. The van der Waals surface area contributed by atoms with E-state index in [0.29, 0.717) is 0 Å². The molecule has 29 heavy (non-hydrogen) atoms. The monoisotopic (exact) mass is 379 g/mol. The predicted molar refractivity (Wildman–Crippen MR) is 127 cm³/mol. The Morgan fingerprint density at radius 1 is 0.586 bits per heavy atom. The summed E-state index contributed by atoms with van der Waals surface area (Å²) in [6.07, 6.45) is 13.4. The summed E-state index contributed by atoms with van der Waals surface area (Å²) in [6, 6.07) is 25.9. The molecule has 0 aromatic heterocycles. The van der Waals surface area contributed by atoms with Crippen molar-refractivity contribution in [3.63, 3.8) is 0 Å². The molecular weight excluding hydrogens is 350 g/mol. The standard InChI is InChI=1S/C28H29N/c1-22-7-17-27(18-8-22)29-28-19-15-24(16-20-28)10-9-23-11-13-26(14-12-23)21-25-5-3-2-4-6-25/h7-21,29H,2-6H2,1H3. The van der Waals surface area contributed by atoms with Crippen molar-refractivity contribution in [1.82, 2.24) is 0 Å². The molecule has 1 aliphatic rings. The van der Waals surface area contributed by atoms with Crippen molar-refractivity contribution in [1.29, 1.82) is 0 Å². The molecule has 0 saturated heterocycles. The molecule has 1 saturated carbocycles. The maximum atomic E-state index is 3.44. The van der Waals surface area contributed by atoms with Gasteiger partial charge in [-0.05, 0) is 73.6 Å². The molecule has 0 atom stereocenters. The van der Waals surface area contributed by atoms with Crippen LogP contribution in [0.1, 0.15) is 54.4 Å². The lowest BCUT2D eigenvalue weighted by atomic mass is 9.93. The molecule has 3 aromatic carbocycles. The summed E-state index contributed by atoms with van der Waals surface area (Å²) < 4.78 is 0. The second-order valence-electron chi connectivity index (χ2n) is 7.98. The van der Waals surface area contributed by atoms with Crippen molar-refractivity contribution in [3.05, 3.63) is 101 Å². The molecule has 0 bridgehead atoms. The van der Waals surface area contributed by atoms with Gasteiger partial charge in [-0.3, -0.25) is 0 Å². The fraction of sp³-hybridized carbons (Fsp3) is 0.214. The highest BCUT2D eigenvalue weighted by Gasteiger charge is 2.04. The average Bonchev–Trinajstić information content (AvgIpc) is 2.77. The Morgan fingerprint density at radius 3 is 1.66 bits per heavy atom. The maximum absolute atomic E-state index is 3.44. The van der Waals surface area contributed by atoms with E-state index in [1.165, 1.54) is 54.4 Å². The molecule has 1 N–H and O–H groups in total. The second kappa shape index (κ2) is 9.43. The van der Waals surface area contributed by atoms with Crippen LogP contribution in [0.15, 0.2) is 78.4 Å². The molecule has 4 rings (SSSR count). The van der Waals surface area contributed by atoms with E-state index >= 15 is 0 Å². The molecule has 0 aliphatic heterocycles. The lowest BCUT2D eigenvalue weighted by Crippen LogP contribution is -1.93. The Bertz CT molecular complexity index is 966. The molecule has 1 nitrogen and oxygen atoms in total. The van der Waals surface area contributed by atoms with Gasteiger partial charge in [-0.2, -0.15) is 0 Å². The van der Waals surface area contributed by atoms with Gasteiger partial charge in [-0.15, -0.1) is 0 Å². The third-order valence-electron chi connectivity index (χ3n) is 5.52. The van der Waals surface area contributed by atoms with Gasteiger partial charge >= 0.3 is 0 Å². The van der Waals surface area contributed by atoms with Gasteiger partial charge in [0.05, 0.1) is 0 Å². The molecule has 1 fully saturated rings. The van der Waals surface area contributed by atoms with E-state index in [4.69, 9.17) is 0 Å². The zero-order valence-corrected chi connectivity index (χ0v) is 17.2. The van der Waals surface area contributed by atoms with Crippen LogP contribution in [0.5, 0.6) is 0 Å². The number of allylic oxidation sites excluding steroid dienone is 1. The van der Waals surface area contributed by atoms with E-state index in [1.54, 1.807) is 5.57 Å². The van der Waals surface area contributed by atoms with Crippen LogP contribution in [0.3, 0.4) is 0 Å². The van der Waals surface area contributed by atoms with Crippen LogP contribution in [0, 0.1) is 6.92 Å². The Morgan fingerprint density at radius 2 is 1.07 bits per heavy atom. The molecule has 0 amide bonds. The van der Waals surface area contributed by atoms with E-state index in [1.807, 2.05) is 0 Å². The highest BCUT2D eigenvalue weighted by molar-refractivity contribution is 5.72. The van der Waals surface area contributed by atoms with Crippen molar-refractivity contribution in [3.8, 4) is 0 Å². The van der Waals surface area contributed by atoms with E-state index in [-0.39, 0.29) is 0 Å². The van der Waals surface area contributed by atoms with Crippen molar-refractivity contribution < 1.29 is 0 Å². The molecule has 146 valence electrons. The van der Waals surface area contributed by atoms with E-state index in [2.05, 4.69) is 103 Å². The number of nitrogens with one attached hydrogen (secondary N) is 1. The molecule has 0 heterocycles. The predicted octanol–water partition coefficient (Wildman–Crippen LogP) is 8.26. The van der Waals surface area contributed by atoms with Gasteiger partial charge in [0, 0.05) is 11.4 Å². The smallest absolute Gasteiger partial charge is 0.0384 e. The SMILES string of the molecule is Cc1ccc(Nc2ccc(C=Cc3ccc(C=C4CCCCC4)cc3)cc2)cc1. The van der Waals surface area contributed by atoms with Crippen LogP contribution in [-0.2, 0) is 0 Å². The molecule has 0 spiro atoms. The summed E-state index contributed by atoms with van der Waals surface area (Å²) in [5, 5.41) is 3.44. The Hall–Kier alpha value is -3.06. The van der Waals surface area contributed by atoms with Crippen molar-refractivity contribution in [2.45, 2.75) is 39.0 Å². The number of benzene rings is 3. The number of aryl methyl sites for hydroxylation is 1. The minimum atomic E-state index is 1.10. The van der Waals surface area contributed by atoms with Crippen LogP contribution in [0.2, 0.25) is 0 Å². The quantitative estimate of drug-likeness (QED) is 0.440. The Balaban J connectivity index is 1.36. The zero-order valence-electron chi connectivity index (χ0n) is 17.2. The van der Waals surface area contributed by atoms with Gasteiger partial charge in [0.15, 0.2) is 0 Å². The zero-order chi connectivity index (χ0) is 19.9. The molecule has 0 radical (unpaired) electrons. The first kappa shape index (κ1) is 19.3. The van der Waals surface area contributed by atoms with Gasteiger partial charge < -0.3 is 5.32 Å². The summed E-state index contributed by atoms with van der Waals surface area (Å²) in [6.45, 7) is 2.10. The lowest BCUT2D eigenvalue weighted by Gasteiger charge is -2.13. The van der Waals surface area contributed by atoms with Gasteiger partial charge in [-0.25, -0.2) is 0 Å². The summed E-state index contributed by atoms with van der Waals surface area (Å²) >= 11 is 0. The Labute approximate surface area is 174 Å². The van der Waals surface area contributed by atoms with Gasteiger partial charge in [-0.1, -0.05) is 84.3 Å². The second-order valence-corrected chi connectivity index (χ2v) is 7.98. The van der Waals surface area contributed by atoms with Gasteiger partial charge in [0.1, 0.15) is 0 Å². The first-order chi connectivity index (χ1) is 14.2. The van der Waals surface area contributed by atoms with Crippen LogP contribution < -0.4 is 5.32 Å². The van der Waals surface area contributed by atoms with Crippen molar-refractivity contribution >= 4 is 29.6 Å². The first-order valence-electron chi connectivity index (χ1n) is 10.7. The Kier molecular flexibility index (Phi) is 6.26. The number of anilines is 2. The normalized spacial score (nSPS) is 14.2. The number of hydrogen-bond acceptors (Lipinski definition) is 1. The minimum absolute atomic E-state index is 1.10. The van der Waals surface area contributed by atoms with Gasteiger partial charge in [0.2, 0.25) is 0 Å². The third-order valence-corrected chi connectivity index (χ3v) is 5.52. The van der Waals surface area contributed by atoms with E-state index < -0.39 is 0 Å². The topological polar surface area (TPSA) is 12.0 Å². The summed E-state index contributed by atoms with van der Waals surface area (Å²) in [5.41, 5.74) is 8.86. The number of hydrogen-bond donors (Lipinski definition) is 1. The van der Waals surface area contributed by atoms with E-state index in [0.717, 1.165) is 11.4 Å². The van der Waals surface area contributed by atoms with Crippen LogP contribution in [0.4, 0.5) is 11.4 Å². The van der Waals surface area contributed by atoms with Crippen LogP contribution in [-0.4, -0.2) is 0 Å². The molecule has 3 aromatic rings. The molecule has 1 aliphatic carbocycles. The summed E-state index contributed by atoms with van der Waals surface area (Å²) in [5.74, 6) is 0. The molecule has 1 heteroatoms.